The predicted molar refractivity (Wildman–Crippen MR) is 239 cm³/mol. The molecule has 0 N–H and O–H groups in total. The highest BCUT2D eigenvalue weighted by Gasteiger charge is 2.51. The Bertz CT molecular complexity index is 3080. The molecule has 0 bridgehead atoms. The van der Waals surface area contributed by atoms with E-state index < -0.39 is 42.1 Å². The Balaban J connectivity index is 0.000000163. The summed E-state index contributed by atoms with van der Waals surface area (Å²) in [5.41, 5.74) is 1.65. The van der Waals surface area contributed by atoms with Crippen molar-refractivity contribution in [1.82, 2.24) is 39.5 Å². The highest BCUT2D eigenvalue weighted by molar-refractivity contribution is 9.10. The first kappa shape index (κ1) is 47.3. The molecule has 338 valence electrons. The van der Waals surface area contributed by atoms with E-state index in [9.17, 15) is 35.9 Å². The average Bonchev–Trinajstić information content (AvgIpc) is 3.96. The van der Waals surface area contributed by atoms with Gasteiger partial charge in [-0.15, -0.1) is 0 Å². The Morgan fingerprint density at radius 1 is 0.591 bits per heavy atom. The summed E-state index contributed by atoms with van der Waals surface area (Å²) in [5.74, 6) is 0.0934. The molecule has 20 heteroatoms. The summed E-state index contributed by atoms with van der Waals surface area (Å²) < 4.78 is 93.7. The molecule has 0 radical (unpaired) electrons. The summed E-state index contributed by atoms with van der Waals surface area (Å²) in [6.45, 7) is 10.8. The SMILES string of the molecule is CC(=O)c1cncc(-c2ccc3cnn(-c4cccc(C(F)(F)F)n4)c3c2)c1.CC(=O)c1cncc(Br)c1.CC1(C)OB(c2ccc3cnn(-c4cccc(C(F)(F)F)n4)c3c2)OC1(C)C. The molecule has 6 aromatic heterocycles. The number of rotatable bonds is 6. The van der Waals surface area contributed by atoms with Gasteiger partial charge in [-0.05, 0) is 117 Å². The van der Waals surface area contributed by atoms with Crippen molar-refractivity contribution >= 4 is 61.9 Å². The van der Waals surface area contributed by atoms with Crippen LogP contribution in [0.1, 0.15) is 73.6 Å². The van der Waals surface area contributed by atoms with E-state index in [4.69, 9.17) is 9.31 Å². The van der Waals surface area contributed by atoms with Crippen LogP contribution in [0.2, 0.25) is 0 Å². The molecule has 1 aliphatic heterocycles. The first-order valence-corrected chi connectivity index (χ1v) is 20.8. The normalized spacial score (nSPS) is 14.3. The van der Waals surface area contributed by atoms with Crippen molar-refractivity contribution in [3.63, 3.8) is 0 Å². The number of alkyl halides is 6. The number of halogens is 7. The van der Waals surface area contributed by atoms with Crippen LogP contribution in [-0.2, 0) is 21.7 Å². The van der Waals surface area contributed by atoms with Gasteiger partial charge in [0.15, 0.2) is 23.2 Å². The average molecular weight is 972 g/mol. The number of aromatic nitrogens is 8. The highest BCUT2D eigenvalue weighted by Crippen LogP contribution is 2.37. The number of hydrogen-bond donors (Lipinski definition) is 0. The fourth-order valence-corrected chi connectivity index (χ4v) is 6.88. The standard InChI is InChI=1S/C20H13F3N4O.C19H19BF3N3O2.C7H6BrNO/c1-12(28)15-7-16(10-24-9-15)13-5-6-14-11-25-27(17(14)8-13)19-4-2-3-18(26-19)20(21,22)23;1-17(2)18(3,4)28-20(27-17)13-9-8-12-11-24-26(14(12)10-13)16-7-5-6-15(25-16)19(21,22)23;1-5(10)6-2-7(8)4-9-3-6/h2-11H,1H3;5-11H,1-4H3;2-4H,1H3. The Hall–Kier alpha value is -6.64. The molecule has 7 heterocycles. The van der Waals surface area contributed by atoms with E-state index in [-0.39, 0.29) is 23.2 Å². The second kappa shape index (κ2) is 18.3. The number of carbonyl (C=O) groups excluding carboxylic acids is 2. The van der Waals surface area contributed by atoms with Crippen LogP contribution in [0.25, 0.3) is 44.6 Å². The van der Waals surface area contributed by atoms with Crippen molar-refractivity contribution < 1.29 is 45.2 Å². The van der Waals surface area contributed by atoms with Gasteiger partial charge in [0.05, 0.1) is 34.6 Å². The summed E-state index contributed by atoms with van der Waals surface area (Å²) in [7, 11) is -0.577. The number of fused-ring (bicyclic) bond motifs is 2. The maximum atomic E-state index is 13.0. The van der Waals surface area contributed by atoms with E-state index in [2.05, 4.69) is 46.1 Å². The zero-order valence-electron chi connectivity index (χ0n) is 36.0. The van der Waals surface area contributed by atoms with E-state index in [0.29, 0.717) is 22.2 Å². The van der Waals surface area contributed by atoms with Crippen LogP contribution in [0, 0.1) is 0 Å². The van der Waals surface area contributed by atoms with Gasteiger partial charge in [0, 0.05) is 56.7 Å². The van der Waals surface area contributed by atoms with Crippen LogP contribution in [0.4, 0.5) is 26.3 Å². The fourth-order valence-electron chi connectivity index (χ4n) is 6.52. The van der Waals surface area contributed by atoms with Crippen molar-refractivity contribution in [1.29, 1.82) is 0 Å². The summed E-state index contributed by atoms with van der Waals surface area (Å²) in [6, 6.07) is 21.8. The van der Waals surface area contributed by atoms with Crippen molar-refractivity contribution in [2.45, 2.75) is 65.1 Å². The molecule has 9 rings (SSSR count). The lowest BCUT2D eigenvalue weighted by atomic mass is 9.79. The highest BCUT2D eigenvalue weighted by atomic mass is 79.9. The molecule has 1 aliphatic rings. The topological polar surface area (TPSA) is 140 Å². The Kier molecular flexibility index (Phi) is 13.1. The van der Waals surface area contributed by atoms with Gasteiger partial charge >= 0.3 is 19.5 Å². The summed E-state index contributed by atoms with van der Waals surface area (Å²) in [4.78, 5) is 37.7. The van der Waals surface area contributed by atoms with Gasteiger partial charge in [0.1, 0.15) is 11.4 Å². The van der Waals surface area contributed by atoms with Crippen molar-refractivity contribution in [3.8, 4) is 22.8 Å². The minimum atomic E-state index is -4.54. The van der Waals surface area contributed by atoms with Crippen molar-refractivity contribution in [2.75, 3.05) is 0 Å². The largest absolute Gasteiger partial charge is 0.494 e. The molecule has 0 aliphatic carbocycles. The summed E-state index contributed by atoms with van der Waals surface area (Å²) in [6.07, 6.45) is 0.393. The number of carbonyl (C=O) groups is 2. The van der Waals surface area contributed by atoms with E-state index >= 15 is 0 Å². The van der Waals surface area contributed by atoms with Gasteiger partial charge < -0.3 is 9.31 Å². The van der Waals surface area contributed by atoms with Crippen LogP contribution in [-0.4, -0.2) is 69.4 Å². The summed E-state index contributed by atoms with van der Waals surface area (Å²) in [5, 5.41) is 9.93. The molecule has 66 heavy (non-hydrogen) atoms. The Labute approximate surface area is 382 Å². The molecule has 12 nitrogen and oxygen atoms in total. The number of hydrogen-bond acceptors (Lipinski definition) is 10. The quantitative estimate of drug-likeness (QED) is 0.0899. The van der Waals surface area contributed by atoms with E-state index in [1.54, 1.807) is 49.2 Å². The number of benzene rings is 2. The third-order valence-corrected chi connectivity index (χ3v) is 11.2. The smallest absolute Gasteiger partial charge is 0.399 e. The Morgan fingerprint density at radius 2 is 1.08 bits per heavy atom. The molecule has 0 unspecified atom stereocenters. The molecule has 8 aromatic rings. The molecule has 0 spiro atoms. The second-order valence-electron chi connectivity index (χ2n) is 16.0. The predicted octanol–water partition coefficient (Wildman–Crippen LogP) is 10.5. The van der Waals surface area contributed by atoms with Crippen molar-refractivity contribution in [3.05, 3.63) is 149 Å². The molecule has 1 saturated heterocycles. The minimum absolute atomic E-state index is 0.0359. The maximum Gasteiger partial charge on any atom is 0.494 e. The molecular formula is C46H38BBrF6N8O4. The minimum Gasteiger partial charge on any atom is -0.399 e. The van der Waals surface area contributed by atoms with Crippen LogP contribution in [0.15, 0.2) is 127 Å². The second-order valence-corrected chi connectivity index (χ2v) is 16.9. The molecule has 0 amide bonds. The van der Waals surface area contributed by atoms with E-state index in [1.165, 1.54) is 53.7 Å². The van der Waals surface area contributed by atoms with Crippen molar-refractivity contribution in [2.24, 2.45) is 0 Å². The first-order valence-electron chi connectivity index (χ1n) is 20.0. The first-order chi connectivity index (χ1) is 31.0. The number of pyridine rings is 4. The molecule has 2 aromatic carbocycles. The lowest BCUT2D eigenvalue weighted by molar-refractivity contribution is -0.141. The monoisotopic (exact) mass is 970 g/mol. The fraction of sp³-hybridized carbons (Fsp3) is 0.217. The van der Waals surface area contributed by atoms with Gasteiger partial charge in [0.25, 0.3) is 0 Å². The van der Waals surface area contributed by atoms with Gasteiger partial charge in [0.2, 0.25) is 0 Å². The number of ketones is 2. The van der Waals surface area contributed by atoms with Gasteiger partial charge in [-0.1, -0.05) is 36.4 Å². The third kappa shape index (κ3) is 10.4. The van der Waals surface area contributed by atoms with Crippen LogP contribution >= 0.6 is 15.9 Å². The Morgan fingerprint density at radius 3 is 1.56 bits per heavy atom. The van der Waals surface area contributed by atoms with E-state index in [1.807, 2.05) is 58.0 Å². The number of Topliss-reactive ketones (excluding diaryl/α,β-unsaturated/α-hetero) is 2. The van der Waals surface area contributed by atoms with Crippen LogP contribution in [0.5, 0.6) is 0 Å². The lowest BCUT2D eigenvalue weighted by Crippen LogP contribution is -2.41. The lowest BCUT2D eigenvalue weighted by Gasteiger charge is -2.32. The molecule has 0 atom stereocenters. The number of nitrogens with zero attached hydrogens (tertiary/aromatic N) is 8. The molecular weight excluding hydrogens is 933 g/mol. The molecule has 0 saturated carbocycles. The third-order valence-electron chi connectivity index (χ3n) is 10.8. The van der Waals surface area contributed by atoms with Gasteiger partial charge in [-0.2, -0.15) is 36.5 Å². The van der Waals surface area contributed by atoms with Crippen LogP contribution in [0.3, 0.4) is 0 Å². The zero-order chi connectivity index (χ0) is 47.8. The van der Waals surface area contributed by atoms with E-state index in [0.717, 1.165) is 44.0 Å². The molecule has 1 fully saturated rings. The summed E-state index contributed by atoms with van der Waals surface area (Å²) >= 11 is 3.22. The van der Waals surface area contributed by atoms with Crippen LogP contribution < -0.4 is 5.46 Å². The van der Waals surface area contributed by atoms with Gasteiger partial charge in [-0.25, -0.2) is 19.3 Å². The van der Waals surface area contributed by atoms with Gasteiger partial charge in [-0.3, -0.25) is 19.6 Å². The maximum absolute atomic E-state index is 13.0. The zero-order valence-corrected chi connectivity index (χ0v) is 37.6.